The summed E-state index contributed by atoms with van der Waals surface area (Å²) < 4.78 is 5.14. The molecule has 156 valence electrons. The highest BCUT2D eigenvalue weighted by atomic mass is 16.5. The fourth-order valence-corrected chi connectivity index (χ4v) is 2.93. The number of carboxylic acid groups (broad SMARTS) is 2. The Labute approximate surface area is 165 Å². The van der Waals surface area contributed by atoms with Gasteiger partial charge in [-0.3, -0.25) is 4.79 Å². The SMILES string of the molecule is COc1ccc(CCNCC(=O)NC2CCCCCC2)cc1.O=C(O)C(=O)O. The summed E-state index contributed by atoms with van der Waals surface area (Å²) in [6.45, 7) is 1.22. The zero-order valence-corrected chi connectivity index (χ0v) is 16.3. The second-order valence-electron chi connectivity index (χ2n) is 6.64. The number of benzene rings is 1. The number of carboxylic acids is 2. The maximum atomic E-state index is 11.9. The van der Waals surface area contributed by atoms with Crippen molar-refractivity contribution in [3.8, 4) is 5.75 Å². The van der Waals surface area contributed by atoms with E-state index in [1.807, 2.05) is 12.1 Å². The van der Waals surface area contributed by atoms with Crippen LogP contribution in [0.15, 0.2) is 24.3 Å². The van der Waals surface area contributed by atoms with Crippen molar-refractivity contribution < 1.29 is 29.3 Å². The lowest BCUT2D eigenvalue weighted by Gasteiger charge is -2.16. The molecule has 28 heavy (non-hydrogen) atoms. The molecule has 0 heterocycles. The second kappa shape index (κ2) is 13.5. The Morgan fingerprint density at radius 2 is 1.57 bits per heavy atom. The van der Waals surface area contributed by atoms with E-state index in [9.17, 15) is 4.79 Å². The van der Waals surface area contributed by atoms with E-state index in [-0.39, 0.29) is 5.91 Å². The lowest BCUT2D eigenvalue weighted by atomic mass is 10.1. The standard InChI is InChI=1S/C18H28N2O2.C2H2O4/c1-22-17-10-8-15(9-11-17)12-13-19-14-18(21)20-16-6-4-2-3-5-7-16;3-1(4)2(5)6/h8-11,16,19H,2-7,12-14H2,1H3,(H,20,21);(H,3,4)(H,5,6). The first-order valence-electron chi connectivity index (χ1n) is 9.51. The van der Waals surface area contributed by atoms with Gasteiger partial charge < -0.3 is 25.6 Å². The molecule has 1 aromatic rings. The fraction of sp³-hybridized carbons (Fsp3) is 0.550. The number of rotatable bonds is 7. The number of ether oxygens (including phenoxy) is 1. The minimum atomic E-state index is -1.82. The van der Waals surface area contributed by atoms with Gasteiger partial charge in [0.15, 0.2) is 0 Å². The largest absolute Gasteiger partial charge is 0.497 e. The van der Waals surface area contributed by atoms with Crippen LogP contribution >= 0.6 is 0 Å². The molecule has 2 rings (SSSR count). The van der Waals surface area contributed by atoms with Gasteiger partial charge in [0.2, 0.25) is 5.91 Å². The maximum Gasteiger partial charge on any atom is 0.414 e. The van der Waals surface area contributed by atoms with Crippen molar-refractivity contribution in [3.63, 3.8) is 0 Å². The van der Waals surface area contributed by atoms with Gasteiger partial charge in [-0.2, -0.15) is 0 Å². The van der Waals surface area contributed by atoms with Gasteiger partial charge in [0.05, 0.1) is 13.7 Å². The monoisotopic (exact) mass is 394 g/mol. The lowest BCUT2D eigenvalue weighted by Crippen LogP contribution is -2.40. The van der Waals surface area contributed by atoms with Gasteiger partial charge in [0.25, 0.3) is 0 Å². The number of amides is 1. The van der Waals surface area contributed by atoms with Crippen LogP contribution in [0.1, 0.15) is 44.1 Å². The number of carbonyl (C=O) groups excluding carboxylic acids is 1. The van der Waals surface area contributed by atoms with E-state index in [2.05, 4.69) is 22.8 Å². The Morgan fingerprint density at radius 1 is 1.00 bits per heavy atom. The molecule has 4 N–H and O–H groups in total. The number of hydrogen-bond donors (Lipinski definition) is 4. The maximum absolute atomic E-state index is 11.9. The molecular formula is C20H30N2O6. The molecule has 1 aliphatic rings. The topological polar surface area (TPSA) is 125 Å². The molecule has 8 nitrogen and oxygen atoms in total. The first-order valence-corrected chi connectivity index (χ1v) is 9.51. The van der Waals surface area contributed by atoms with Crippen LogP contribution in [0.5, 0.6) is 5.75 Å². The number of nitrogens with one attached hydrogen (secondary N) is 2. The van der Waals surface area contributed by atoms with Crippen LogP contribution in [0.4, 0.5) is 0 Å². The van der Waals surface area contributed by atoms with Crippen molar-refractivity contribution >= 4 is 17.8 Å². The quantitative estimate of drug-likeness (QED) is 0.316. The minimum Gasteiger partial charge on any atom is -0.497 e. The van der Waals surface area contributed by atoms with Crippen LogP contribution in [0, 0.1) is 0 Å². The Morgan fingerprint density at radius 3 is 2.07 bits per heavy atom. The molecule has 1 fully saturated rings. The molecule has 0 unspecified atom stereocenters. The molecule has 0 atom stereocenters. The zero-order chi connectivity index (χ0) is 20.8. The molecule has 0 aliphatic heterocycles. The molecule has 1 saturated carbocycles. The van der Waals surface area contributed by atoms with Gasteiger partial charge in [-0.1, -0.05) is 37.8 Å². The molecular weight excluding hydrogens is 364 g/mol. The van der Waals surface area contributed by atoms with Crippen molar-refractivity contribution in [2.24, 2.45) is 0 Å². The Hall–Kier alpha value is -2.61. The van der Waals surface area contributed by atoms with Gasteiger partial charge in [-0.05, 0) is 43.5 Å². The molecule has 1 aliphatic carbocycles. The van der Waals surface area contributed by atoms with E-state index in [1.54, 1.807) is 7.11 Å². The summed E-state index contributed by atoms with van der Waals surface area (Å²) in [6, 6.07) is 8.44. The van der Waals surface area contributed by atoms with Crippen LogP contribution < -0.4 is 15.4 Å². The van der Waals surface area contributed by atoms with Gasteiger partial charge in [0.1, 0.15) is 5.75 Å². The third-order valence-corrected chi connectivity index (χ3v) is 4.44. The zero-order valence-electron chi connectivity index (χ0n) is 16.3. The average molecular weight is 394 g/mol. The van der Waals surface area contributed by atoms with E-state index in [4.69, 9.17) is 24.5 Å². The van der Waals surface area contributed by atoms with Gasteiger partial charge in [0, 0.05) is 6.04 Å². The molecule has 0 bridgehead atoms. The van der Waals surface area contributed by atoms with Gasteiger partial charge in [-0.15, -0.1) is 0 Å². The van der Waals surface area contributed by atoms with Crippen molar-refractivity contribution in [3.05, 3.63) is 29.8 Å². The van der Waals surface area contributed by atoms with Gasteiger partial charge >= 0.3 is 11.9 Å². The van der Waals surface area contributed by atoms with Crippen LogP contribution in [-0.4, -0.2) is 54.3 Å². The molecule has 0 saturated heterocycles. The highest BCUT2D eigenvalue weighted by Gasteiger charge is 2.14. The summed E-state index contributed by atoms with van der Waals surface area (Å²) in [6.07, 6.45) is 8.31. The summed E-state index contributed by atoms with van der Waals surface area (Å²) >= 11 is 0. The van der Waals surface area contributed by atoms with Crippen molar-refractivity contribution in [2.75, 3.05) is 20.2 Å². The van der Waals surface area contributed by atoms with Crippen molar-refractivity contribution in [1.82, 2.24) is 10.6 Å². The molecule has 8 heteroatoms. The minimum absolute atomic E-state index is 0.127. The molecule has 0 spiro atoms. The number of carbonyl (C=O) groups is 3. The van der Waals surface area contributed by atoms with E-state index in [0.717, 1.165) is 31.6 Å². The third-order valence-electron chi connectivity index (χ3n) is 4.44. The highest BCUT2D eigenvalue weighted by Crippen LogP contribution is 2.17. The van der Waals surface area contributed by atoms with Crippen LogP contribution in [0.2, 0.25) is 0 Å². The average Bonchev–Trinajstić information content (AvgIpc) is 2.95. The molecule has 1 amide bonds. The third kappa shape index (κ3) is 10.5. The summed E-state index contributed by atoms with van der Waals surface area (Å²) in [5, 5.41) is 21.2. The number of methoxy groups -OCH3 is 1. The smallest absolute Gasteiger partial charge is 0.414 e. The van der Waals surface area contributed by atoms with Crippen LogP contribution in [0.3, 0.4) is 0 Å². The second-order valence-corrected chi connectivity index (χ2v) is 6.64. The number of hydrogen-bond acceptors (Lipinski definition) is 5. The Bertz CT molecular complexity index is 598. The lowest BCUT2D eigenvalue weighted by molar-refractivity contribution is -0.159. The van der Waals surface area contributed by atoms with Crippen LogP contribution in [-0.2, 0) is 20.8 Å². The Kier molecular flexibility index (Phi) is 11.3. The Balaban J connectivity index is 0.000000568. The van der Waals surface area contributed by atoms with Crippen molar-refractivity contribution in [2.45, 2.75) is 51.0 Å². The van der Waals surface area contributed by atoms with E-state index < -0.39 is 11.9 Å². The van der Waals surface area contributed by atoms with Gasteiger partial charge in [-0.25, -0.2) is 9.59 Å². The predicted octanol–water partition coefficient (Wildman–Crippen LogP) is 1.82. The summed E-state index contributed by atoms with van der Waals surface area (Å²) in [4.78, 5) is 30.1. The highest BCUT2D eigenvalue weighted by molar-refractivity contribution is 6.27. The van der Waals surface area contributed by atoms with Crippen LogP contribution in [0.25, 0.3) is 0 Å². The first kappa shape index (κ1) is 23.4. The van der Waals surface area contributed by atoms with E-state index >= 15 is 0 Å². The fourth-order valence-electron chi connectivity index (χ4n) is 2.93. The summed E-state index contributed by atoms with van der Waals surface area (Å²) in [5.41, 5.74) is 1.25. The predicted molar refractivity (Wildman–Crippen MR) is 104 cm³/mol. The number of aliphatic carboxylic acids is 2. The van der Waals surface area contributed by atoms with Crippen molar-refractivity contribution in [1.29, 1.82) is 0 Å². The van der Waals surface area contributed by atoms with E-state index in [1.165, 1.54) is 31.2 Å². The molecule has 0 radical (unpaired) electrons. The molecule has 1 aromatic carbocycles. The van der Waals surface area contributed by atoms with E-state index in [0.29, 0.717) is 12.6 Å². The normalized spacial score (nSPS) is 14.2. The molecule has 0 aromatic heterocycles. The first-order chi connectivity index (χ1) is 13.4. The summed E-state index contributed by atoms with van der Waals surface area (Å²) in [7, 11) is 1.67. The summed E-state index contributed by atoms with van der Waals surface area (Å²) in [5.74, 6) is -2.65.